The molecule has 0 saturated heterocycles. The SMILES string of the molecule is CCCOc1c(Br)cc(/C=N\NCc2ccccc2Cl)cc1OCC. The minimum atomic E-state index is 0.563. The molecule has 0 aliphatic carbocycles. The first kappa shape index (κ1) is 19.6. The zero-order valence-electron chi connectivity index (χ0n) is 14.4. The molecule has 25 heavy (non-hydrogen) atoms. The van der Waals surface area contributed by atoms with Crippen molar-refractivity contribution in [1.29, 1.82) is 0 Å². The Morgan fingerprint density at radius 3 is 2.72 bits per heavy atom. The summed E-state index contributed by atoms with van der Waals surface area (Å²) in [4.78, 5) is 0. The lowest BCUT2D eigenvalue weighted by Gasteiger charge is -2.14. The largest absolute Gasteiger partial charge is 0.490 e. The zero-order valence-corrected chi connectivity index (χ0v) is 16.7. The minimum absolute atomic E-state index is 0.563. The van der Waals surface area contributed by atoms with Gasteiger partial charge in [0.2, 0.25) is 0 Å². The van der Waals surface area contributed by atoms with Crippen LogP contribution in [-0.4, -0.2) is 19.4 Å². The monoisotopic (exact) mass is 424 g/mol. The number of hydrogen-bond donors (Lipinski definition) is 1. The van der Waals surface area contributed by atoms with Crippen LogP contribution in [0.1, 0.15) is 31.4 Å². The molecule has 134 valence electrons. The Kier molecular flexibility index (Phi) is 8.09. The molecule has 4 nitrogen and oxygen atoms in total. The van der Waals surface area contributed by atoms with Gasteiger partial charge in [-0.05, 0) is 58.6 Å². The van der Waals surface area contributed by atoms with Crippen molar-refractivity contribution in [3.63, 3.8) is 0 Å². The summed E-state index contributed by atoms with van der Waals surface area (Å²) in [5.74, 6) is 1.43. The lowest BCUT2D eigenvalue weighted by atomic mass is 10.2. The van der Waals surface area contributed by atoms with Crippen LogP contribution in [0.4, 0.5) is 0 Å². The number of benzene rings is 2. The van der Waals surface area contributed by atoms with Gasteiger partial charge >= 0.3 is 0 Å². The maximum Gasteiger partial charge on any atom is 0.175 e. The highest BCUT2D eigenvalue weighted by Gasteiger charge is 2.11. The highest BCUT2D eigenvalue weighted by Crippen LogP contribution is 2.36. The van der Waals surface area contributed by atoms with Crippen molar-refractivity contribution >= 4 is 33.7 Å². The number of hydrogen-bond acceptors (Lipinski definition) is 4. The van der Waals surface area contributed by atoms with Crippen LogP contribution in [0.5, 0.6) is 11.5 Å². The van der Waals surface area contributed by atoms with Crippen LogP contribution in [0.15, 0.2) is 46.0 Å². The van der Waals surface area contributed by atoms with Crippen LogP contribution < -0.4 is 14.9 Å². The Labute approximate surface area is 162 Å². The zero-order chi connectivity index (χ0) is 18.1. The van der Waals surface area contributed by atoms with Crippen LogP contribution in [0.25, 0.3) is 0 Å². The van der Waals surface area contributed by atoms with Crippen LogP contribution in [0.3, 0.4) is 0 Å². The summed E-state index contributed by atoms with van der Waals surface area (Å²) in [7, 11) is 0. The molecule has 0 unspecified atom stereocenters. The molecule has 0 aliphatic heterocycles. The van der Waals surface area contributed by atoms with Gasteiger partial charge in [0.15, 0.2) is 11.5 Å². The molecule has 0 amide bonds. The molecule has 0 saturated carbocycles. The predicted molar refractivity (Wildman–Crippen MR) is 107 cm³/mol. The summed E-state index contributed by atoms with van der Waals surface area (Å²) >= 11 is 9.68. The third kappa shape index (κ3) is 5.94. The van der Waals surface area contributed by atoms with Crippen molar-refractivity contribution in [2.24, 2.45) is 5.10 Å². The lowest BCUT2D eigenvalue weighted by Crippen LogP contribution is -2.06. The van der Waals surface area contributed by atoms with Gasteiger partial charge in [0.1, 0.15) is 0 Å². The van der Waals surface area contributed by atoms with E-state index in [1.165, 1.54) is 0 Å². The highest BCUT2D eigenvalue weighted by molar-refractivity contribution is 9.10. The Morgan fingerprint density at radius 1 is 1.20 bits per heavy atom. The van der Waals surface area contributed by atoms with Gasteiger partial charge in [-0.25, -0.2) is 0 Å². The van der Waals surface area contributed by atoms with E-state index in [1.807, 2.05) is 43.3 Å². The molecule has 0 aromatic heterocycles. The Hall–Kier alpha value is -1.72. The first-order chi connectivity index (χ1) is 12.2. The first-order valence-electron chi connectivity index (χ1n) is 8.24. The Balaban J connectivity index is 2.06. The fraction of sp³-hybridized carbons (Fsp3) is 0.316. The maximum atomic E-state index is 6.13. The number of nitrogens with one attached hydrogen (secondary N) is 1. The quantitative estimate of drug-likeness (QED) is 0.431. The molecule has 2 rings (SSSR count). The molecule has 1 N–H and O–H groups in total. The van der Waals surface area contributed by atoms with Crippen LogP contribution in [0, 0.1) is 0 Å². The molecule has 6 heteroatoms. The number of nitrogens with zero attached hydrogens (tertiary/aromatic N) is 1. The molecule has 0 heterocycles. The van der Waals surface area contributed by atoms with Gasteiger partial charge in [0.05, 0.1) is 30.4 Å². The van der Waals surface area contributed by atoms with E-state index < -0.39 is 0 Å². The summed E-state index contributed by atoms with van der Waals surface area (Å²) in [6.07, 6.45) is 2.68. The number of halogens is 2. The van der Waals surface area contributed by atoms with Crippen LogP contribution >= 0.6 is 27.5 Å². The first-order valence-corrected chi connectivity index (χ1v) is 9.41. The summed E-state index contributed by atoms with van der Waals surface area (Å²) in [6.45, 7) is 5.79. The molecule has 0 spiro atoms. The van der Waals surface area contributed by atoms with E-state index in [9.17, 15) is 0 Å². The summed E-state index contributed by atoms with van der Waals surface area (Å²) in [6, 6.07) is 11.6. The van der Waals surface area contributed by atoms with Crippen molar-refractivity contribution in [2.75, 3.05) is 13.2 Å². The average molecular weight is 426 g/mol. The highest BCUT2D eigenvalue weighted by atomic mass is 79.9. The van der Waals surface area contributed by atoms with Crippen molar-refractivity contribution in [3.8, 4) is 11.5 Å². The number of ether oxygens (including phenoxy) is 2. The van der Waals surface area contributed by atoms with E-state index >= 15 is 0 Å². The van der Waals surface area contributed by atoms with Crippen molar-refractivity contribution in [2.45, 2.75) is 26.8 Å². The predicted octanol–water partition coefficient (Wildman–Crippen LogP) is 5.41. The fourth-order valence-electron chi connectivity index (χ4n) is 2.16. The molecule has 0 atom stereocenters. The molecular formula is C19H22BrClN2O2. The number of hydrazone groups is 1. The standard InChI is InChI=1S/C19H22BrClN2O2/c1-3-9-25-19-16(20)10-14(11-18(19)24-4-2)12-22-23-13-15-7-5-6-8-17(15)21/h5-8,10-12,23H,3-4,9,13H2,1-2H3/b22-12-. The van der Waals surface area contributed by atoms with Crippen LogP contribution in [0.2, 0.25) is 5.02 Å². The van der Waals surface area contributed by atoms with E-state index in [2.05, 4.69) is 33.4 Å². The van der Waals surface area contributed by atoms with Gasteiger partial charge in [-0.3, -0.25) is 0 Å². The van der Waals surface area contributed by atoms with E-state index in [0.717, 1.165) is 32.8 Å². The second-order valence-corrected chi connectivity index (χ2v) is 6.56. The molecule has 0 fully saturated rings. The van der Waals surface area contributed by atoms with E-state index in [1.54, 1.807) is 6.21 Å². The second-order valence-electron chi connectivity index (χ2n) is 5.30. The van der Waals surface area contributed by atoms with Gasteiger partial charge < -0.3 is 14.9 Å². The van der Waals surface area contributed by atoms with E-state index in [-0.39, 0.29) is 0 Å². The van der Waals surface area contributed by atoms with Crippen molar-refractivity contribution in [1.82, 2.24) is 5.43 Å². The maximum absolute atomic E-state index is 6.13. The lowest BCUT2D eigenvalue weighted by molar-refractivity contribution is 0.275. The van der Waals surface area contributed by atoms with Crippen molar-refractivity contribution in [3.05, 3.63) is 57.0 Å². The molecular weight excluding hydrogens is 404 g/mol. The topological polar surface area (TPSA) is 42.8 Å². The van der Waals surface area contributed by atoms with E-state index in [0.29, 0.717) is 25.5 Å². The second kappa shape index (κ2) is 10.3. The Morgan fingerprint density at radius 2 is 2.00 bits per heavy atom. The minimum Gasteiger partial charge on any atom is -0.490 e. The van der Waals surface area contributed by atoms with Gasteiger partial charge in [0.25, 0.3) is 0 Å². The normalized spacial score (nSPS) is 10.9. The third-order valence-corrected chi connectivity index (χ3v) is 4.27. The molecule has 0 bridgehead atoms. The molecule has 2 aromatic rings. The fourth-order valence-corrected chi connectivity index (χ4v) is 2.94. The molecule has 0 aliphatic rings. The average Bonchev–Trinajstić information content (AvgIpc) is 2.60. The van der Waals surface area contributed by atoms with Crippen LogP contribution in [-0.2, 0) is 6.54 Å². The number of rotatable bonds is 9. The van der Waals surface area contributed by atoms with E-state index in [4.69, 9.17) is 21.1 Å². The summed E-state index contributed by atoms with van der Waals surface area (Å²) < 4.78 is 12.3. The van der Waals surface area contributed by atoms with Gasteiger partial charge in [0, 0.05) is 5.02 Å². The summed E-state index contributed by atoms with van der Waals surface area (Å²) in [5, 5.41) is 4.99. The van der Waals surface area contributed by atoms with Crippen molar-refractivity contribution < 1.29 is 9.47 Å². The Bertz CT molecular complexity index is 723. The summed E-state index contributed by atoms with van der Waals surface area (Å²) in [5.41, 5.74) is 4.92. The van der Waals surface area contributed by atoms with Gasteiger partial charge in [-0.1, -0.05) is 36.7 Å². The van der Waals surface area contributed by atoms with Gasteiger partial charge in [-0.2, -0.15) is 5.10 Å². The third-order valence-electron chi connectivity index (χ3n) is 3.31. The molecule has 2 aromatic carbocycles. The van der Waals surface area contributed by atoms with Gasteiger partial charge in [-0.15, -0.1) is 0 Å². The smallest absolute Gasteiger partial charge is 0.175 e. The molecule has 0 radical (unpaired) electrons.